The largest absolute Gasteiger partial charge is 0.497 e. The Hall–Kier alpha value is -3.33. The number of carbonyl (C=O) groups excluding carboxylic acids is 1. The van der Waals surface area contributed by atoms with E-state index in [9.17, 15) is 4.79 Å². The predicted molar refractivity (Wildman–Crippen MR) is 107 cm³/mol. The van der Waals surface area contributed by atoms with Crippen LogP contribution in [0.3, 0.4) is 0 Å². The third kappa shape index (κ3) is 3.24. The molecule has 0 heterocycles. The van der Waals surface area contributed by atoms with Crippen molar-refractivity contribution < 1.29 is 14.3 Å². The number of benzene rings is 3. The molecule has 0 aliphatic heterocycles. The van der Waals surface area contributed by atoms with Gasteiger partial charge in [-0.3, -0.25) is 4.79 Å². The molecular formula is C24H20O3. The summed E-state index contributed by atoms with van der Waals surface area (Å²) in [4.78, 5) is 12.8. The molecule has 1 aliphatic carbocycles. The van der Waals surface area contributed by atoms with Crippen molar-refractivity contribution in [1.82, 2.24) is 0 Å². The van der Waals surface area contributed by atoms with Crippen molar-refractivity contribution in [1.29, 1.82) is 0 Å². The van der Waals surface area contributed by atoms with E-state index < -0.39 is 0 Å². The zero-order valence-electron chi connectivity index (χ0n) is 15.4. The number of allylic oxidation sites excluding steroid dienone is 1. The van der Waals surface area contributed by atoms with E-state index in [4.69, 9.17) is 9.47 Å². The van der Waals surface area contributed by atoms with Crippen LogP contribution in [0.1, 0.15) is 21.5 Å². The highest BCUT2D eigenvalue weighted by Gasteiger charge is 2.25. The standard InChI is InChI=1S/C24H20O3/c1-26-20-9-7-16(8-10-20)22-6-4-3-5-17(22)13-19-14-18-15-21(27-2)11-12-23(18)24(19)25/h3-13,15H,14H2,1-2H3/b19-13-. The zero-order valence-corrected chi connectivity index (χ0v) is 15.4. The highest BCUT2D eigenvalue weighted by atomic mass is 16.5. The molecular weight excluding hydrogens is 336 g/mol. The van der Waals surface area contributed by atoms with Crippen LogP contribution in [0.25, 0.3) is 17.2 Å². The number of ketones is 1. The Balaban J connectivity index is 1.72. The van der Waals surface area contributed by atoms with Gasteiger partial charge in [-0.2, -0.15) is 0 Å². The van der Waals surface area contributed by atoms with Crippen molar-refractivity contribution in [2.24, 2.45) is 0 Å². The molecule has 3 aromatic rings. The molecule has 0 saturated carbocycles. The lowest BCUT2D eigenvalue weighted by molar-refractivity contribution is 0.104. The third-order valence-electron chi connectivity index (χ3n) is 4.92. The van der Waals surface area contributed by atoms with Gasteiger partial charge in [-0.05, 0) is 58.7 Å². The first kappa shape index (κ1) is 17.1. The van der Waals surface area contributed by atoms with Gasteiger partial charge in [0.25, 0.3) is 0 Å². The Bertz CT molecular complexity index is 1030. The molecule has 0 bridgehead atoms. The minimum atomic E-state index is 0.0946. The molecule has 0 N–H and O–H groups in total. The van der Waals surface area contributed by atoms with E-state index in [0.29, 0.717) is 6.42 Å². The second kappa shape index (κ2) is 7.12. The van der Waals surface area contributed by atoms with Crippen molar-refractivity contribution in [2.45, 2.75) is 6.42 Å². The molecule has 0 atom stereocenters. The van der Waals surface area contributed by atoms with Gasteiger partial charge >= 0.3 is 0 Å². The van der Waals surface area contributed by atoms with E-state index in [1.54, 1.807) is 14.2 Å². The minimum Gasteiger partial charge on any atom is -0.497 e. The lowest BCUT2D eigenvalue weighted by Gasteiger charge is -2.08. The Kier molecular flexibility index (Phi) is 4.51. The van der Waals surface area contributed by atoms with Crippen LogP contribution in [0.2, 0.25) is 0 Å². The van der Waals surface area contributed by atoms with Crippen LogP contribution in [0.15, 0.2) is 72.3 Å². The van der Waals surface area contributed by atoms with Gasteiger partial charge in [-0.1, -0.05) is 36.4 Å². The van der Waals surface area contributed by atoms with Gasteiger partial charge in [0, 0.05) is 17.6 Å². The van der Waals surface area contributed by atoms with E-state index in [1.165, 1.54) is 0 Å². The Labute approximate surface area is 158 Å². The monoisotopic (exact) mass is 356 g/mol. The molecule has 0 radical (unpaired) electrons. The Morgan fingerprint density at radius 1 is 0.815 bits per heavy atom. The summed E-state index contributed by atoms with van der Waals surface area (Å²) in [6, 6.07) is 21.7. The maximum Gasteiger partial charge on any atom is 0.189 e. The van der Waals surface area contributed by atoms with E-state index in [0.717, 1.165) is 44.9 Å². The lowest BCUT2D eigenvalue weighted by Crippen LogP contribution is -1.96. The van der Waals surface area contributed by atoms with Crippen LogP contribution in [0.4, 0.5) is 0 Å². The fraction of sp³-hybridized carbons (Fsp3) is 0.125. The second-order valence-corrected chi connectivity index (χ2v) is 6.51. The molecule has 27 heavy (non-hydrogen) atoms. The van der Waals surface area contributed by atoms with E-state index in [2.05, 4.69) is 6.07 Å². The molecule has 4 rings (SSSR count). The summed E-state index contributed by atoms with van der Waals surface area (Å²) in [6.45, 7) is 0. The number of rotatable bonds is 4. The van der Waals surface area contributed by atoms with Crippen molar-refractivity contribution in [3.8, 4) is 22.6 Å². The summed E-state index contributed by atoms with van der Waals surface area (Å²) in [6.07, 6.45) is 2.64. The SMILES string of the molecule is COc1ccc(-c2ccccc2/C=C2/Cc3cc(OC)ccc3C2=O)cc1. The second-order valence-electron chi connectivity index (χ2n) is 6.51. The predicted octanol–water partition coefficient (Wildman–Crippen LogP) is 5.19. The van der Waals surface area contributed by atoms with Crippen molar-refractivity contribution in [3.05, 3.63) is 89.0 Å². The van der Waals surface area contributed by atoms with E-state index >= 15 is 0 Å². The smallest absolute Gasteiger partial charge is 0.189 e. The van der Waals surface area contributed by atoms with Gasteiger partial charge < -0.3 is 9.47 Å². The van der Waals surface area contributed by atoms with Gasteiger partial charge in [0.05, 0.1) is 14.2 Å². The van der Waals surface area contributed by atoms with Crippen LogP contribution in [0.5, 0.6) is 11.5 Å². The van der Waals surface area contributed by atoms with Crippen molar-refractivity contribution in [2.75, 3.05) is 14.2 Å². The number of Topliss-reactive ketones (excluding diaryl/α,β-unsaturated/α-hetero) is 1. The molecule has 0 spiro atoms. The number of carbonyl (C=O) groups is 1. The fourth-order valence-electron chi connectivity index (χ4n) is 3.48. The Morgan fingerprint density at radius 2 is 1.52 bits per heavy atom. The highest BCUT2D eigenvalue weighted by molar-refractivity contribution is 6.15. The normalized spacial score (nSPS) is 14.3. The fourth-order valence-corrected chi connectivity index (χ4v) is 3.48. The van der Waals surface area contributed by atoms with Gasteiger partial charge in [0.2, 0.25) is 0 Å². The average Bonchev–Trinajstić information content (AvgIpc) is 3.03. The maximum absolute atomic E-state index is 12.8. The molecule has 0 saturated heterocycles. The summed E-state index contributed by atoms with van der Waals surface area (Å²) >= 11 is 0. The molecule has 0 fully saturated rings. The molecule has 3 heteroatoms. The highest BCUT2D eigenvalue weighted by Crippen LogP contribution is 2.33. The zero-order chi connectivity index (χ0) is 18.8. The summed E-state index contributed by atoms with van der Waals surface area (Å²) in [5, 5.41) is 0. The molecule has 3 aromatic carbocycles. The lowest BCUT2D eigenvalue weighted by atomic mass is 9.97. The van der Waals surface area contributed by atoms with Crippen LogP contribution in [-0.4, -0.2) is 20.0 Å². The molecule has 0 unspecified atom stereocenters. The molecule has 0 amide bonds. The van der Waals surface area contributed by atoms with E-state index in [1.807, 2.05) is 66.7 Å². The first-order valence-electron chi connectivity index (χ1n) is 8.85. The summed E-state index contributed by atoms with van der Waals surface area (Å²) in [5.74, 6) is 1.70. The summed E-state index contributed by atoms with van der Waals surface area (Å²) < 4.78 is 10.5. The minimum absolute atomic E-state index is 0.0946. The average molecular weight is 356 g/mol. The van der Waals surface area contributed by atoms with Crippen molar-refractivity contribution in [3.63, 3.8) is 0 Å². The first-order valence-corrected chi connectivity index (χ1v) is 8.85. The van der Waals surface area contributed by atoms with Crippen LogP contribution in [-0.2, 0) is 6.42 Å². The number of hydrogen-bond acceptors (Lipinski definition) is 3. The Morgan fingerprint density at radius 3 is 2.26 bits per heavy atom. The quantitative estimate of drug-likeness (QED) is 0.603. The van der Waals surface area contributed by atoms with Crippen LogP contribution in [0, 0.1) is 0 Å². The van der Waals surface area contributed by atoms with Gasteiger partial charge in [-0.25, -0.2) is 0 Å². The number of hydrogen-bond donors (Lipinski definition) is 0. The van der Waals surface area contributed by atoms with Gasteiger partial charge in [0.15, 0.2) is 5.78 Å². The number of fused-ring (bicyclic) bond motifs is 1. The summed E-state index contributed by atoms with van der Waals surface area (Å²) in [5.41, 5.74) is 5.81. The van der Waals surface area contributed by atoms with Crippen LogP contribution >= 0.6 is 0 Å². The van der Waals surface area contributed by atoms with Crippen LogP contribution < -0.4 is 9.47 Å². The van der Waals surface area contributed by atoms with Crippen molar-refractivity contribution >= 4 is 11.9 Å². The molecule has 134 valence electrons. The number of ether oxygens (including phenoxy) is 2. The number of methoxy groups -OCH3 is 2. The molecule has 3 nitrogen and oxygen atoms in total. The third-order valence-corrected chi connectivity index (χ3v) is 4.92. The molecule has 0 aromatic heterocycles. The van der Waals surface area contributed by atoms with Gasteiger partial charge in [0.1, 0.15) is 11.5 Å². The maximum atomic E-state index is 12.8. The topological polar surface area (TPSA) is 35.5 Å². The first-order chi connectivity index (χ1) is 13.2. The molecule has 1 aliphatic rings. The van der Waals surface area contributed by atoms with Gasteiger partial charge in [-0.15, -0.1) is 0 Å². The summed E-state index contributed by atoms with van der Waals surface area (Å²) in [7, 11) is 3.30. The van der Waals surface area contributed by atoms with E-state index in [-0.39, 0.29) is 5.78 Å².